The molecule has 1 atom stereocenters. The van der Waals surface area contributed by atoms with Gasteiger partial charge in [-0.25, -0.2) is 13.4 Å². The highest BCUT2D eigenvalue weighted by Crippen LogP contribution is 2.27. The van der Waals surface area contributed by atoms with Crippen molar-refractivity contribution < 1.29 is 17.9 Å². The molecule has 1 aromatic heterocycles. The number of thioether (sulfide) groups is 1. The van der Waals surface area contributed by atoms with Gasteiger partial charge in [0.25, 0.3) is 10.0 Å². The predicted molar refractivity (Wildman–Crippen MR) is 111 cm³/mol. The van der Waals surface area contributed by atoms with Crippen molar-refractivity contribution in [3.05, 3.63) is 10.6 Å². The molecule has 14 heteroatoms. The molecule has 1 saturated heterocycles. The SMILES string of the molecule is CCOC(=O)C1C(=N)C(=NCCSCc2nc(N=C(N)N)sc2C)NS1(=O)=O. The van der Waals surface area contributed by atoms with E-state index in [1.165, 1.54) is 23.1 Å². The van der Waals surface area contributed by atoms with Gasteiger partial charge >= 0.3 is 5.97 Å². The molecule has 1 aromatic rings. The first-order chi connectivity index (χ1) is 13.2. The van der Waals surface area contributed by atoms with Crippen LogP contribution in [0.4, 0.5) is 5.13 Å². The molecule has 11 nitrogen and oxygen atoms in total. The van der Waals surface area contributed by atoms with Crippen LogP contribution in [0.5, 0.6) is 0 Å². The average Bonchev–Trinajstić information content (AvgIpc) is 3.02. The number of sulfonamides is 1. The number of nitrogens with two attached hydrogens (primary N) is 2. The lowest BCUT2D eigenvalue weighted by Gasteiger charge is -2.06. The van der Waals surface area contributed by atoms with Crippen molar-refractivity contribution in [1.29, 1.82) is 5.41 Å². The Bertz CT molecular complexity index is 919. The van der Waals surface area contributed by atoms with Gasteiger partial charge in [0.1, 0.15) is 5.71 Å². The average molecular weight is 448 g/mol. The van der Waals surface area contributed by atoms with E-state index >= 15 is 0 Å². The quantitative estimate of drug-likeness (QED) is 0.184. The molecule has 0 aromatic carbocycles. The fraction of sp³-hybridized carbons (Fsp3) is 0.500. The molecular weight excluding hydrogens is 426 g/mol. The summed E-state index contributed by atoms with van der Waals surface area (Å²) < 4.78 is 30.9. The Morgan fingerprint density at radius 2 is 2.18 bits per heavy atom. The van der Waals surface area contributed by atoms with Crippen LogP contribution < -0.4 is 16.2 Å². The summed E-state index contributed by atoms with van der Waals surface area (Å²) in [5.74, 6) is 0.0268. The second kappa shape index (κ2) is 9.34. The topological polar surface area (TPSA) is 186 Å². The van der Waals surface area contributed by atoms with Crippen molar-refractivity contribution >= 4 is 61.7 Å². The smallest absolute Gasteiger partial charge is 0.332 e. The van der Waals surface area contributed by atoms with Crippen LogP contribution in [-0.4, -0.2) is 61.0 Å². The lowest BCUT2D eigenvalue weighted by molar-refractivity contribution is -0.141. The van der Waals surface area contributed by atoms with E-state index in [-0.39, 0.29) is 24.9 Å². The van der Waals surface area contributed by atoms with Gasteiger partial charge in [0, 0.05) is 16.4 Å². The number of thiazole rings is 1. The van der Waals surface area contributed by atoms with Crippen molar-refractivity contribution in [3.63, 3.8) is 0 Å². The number of nitrogens with zero attached hydrogens (tertiary/aromatic N) is 3. The first-order valence-corrected chi connectivity index (χ1v) is 11.6. The third kappa shape index (κ3) is 5.42. The highest BCUT2D eigenvalue weighted by Gasteiger charge is 2.47. The maximum absolute atomic E-state index is 12.0. The summed E-state index contributed by atoms with van der Waals surface area (Å²) in [5.41, 5.74) is 11.1. The normalized spacial score (nSPS) is 19.4. The minimum absolute atomic E-state index is 0.0299. The predicted octanol–water partition coefficient (Wildman–Crippen LogP) is -0.127. The summed E-state index contributed by atoms with van der Waals surface area (Å²) in [7, 11) is -4.03. The first kappa shape index (κ1) is 22.1. The number of aliphatic imine (C=N–C) groups is 2. The van der Waals surface area contributed by atoms with Gasteiger partial charge in [0.15, 0.2) is 11.8 Å². The maximum Gasteiger partial charge on any atom is 0.332 e. The summed E-state index contributed by atoms with van der Waals surface area (Å²) in [6.45, 7) is 3.78. The van der Waals surface area contributed by atoms with Crippen LogP contribution >= 0.6 is 23.1 Å². The number of carbonyl (C=O) groups excluding carboxylic acids is 1. The number of esters is 1. The molecule has 28 heavy (non-hydrogen) atoms. The minimum Gasteiger partial charge on any atom is -0.465 e. The van der Waals surface area contributed by atoms with Crippen LogP contribution in [-0.2, 0) is 25.3 Å². The number of rotatable bonds is 8. The largest absolute Gasteiger partial charge is 0.465 e. The van der Waals surface area contributed by atoms with Crippen LogP contribution in [0.3, 0.4) is 0 Å². The standard InChI is InChI=1S/C14H21N7O4S3/c1-3-25-12(22)10-9(15)11(21-28(10,23)24)18-4-5-26-6-8-7(2)27-14(19-8)20-13(16)17/h10,15H,3-6H2,1-2H3,(H,18,21)(H4,16,17,19,20). The number of hydrogen-bond acceptors (Lipinski definition) is 10. The molecule has 1 fully saturated rings. The zero-order chi connectivity index (χ0) is 20.9. The van der Waals surface area contributed by atoms with Crippen LogP contribution in [0.2, 0.25) is 0 Å². The third-order valence-corrected chi connectivity index (χ3v) is 6.80. The van der Waals surface area contributed by atoms with Gasteiger partial charge in [0.2, 0.25) is 10.4 Å². The summed E-state index contributed by atoms with van der Waals surface area (Å²) in [6.07, 6.45) is 0. The molecule has 0 radical (unpaired) electrons. The van der Waals surface area contributed by atoms with Gasteiger partial charge in [-0.3, -0.25) is 19.9 Å². The van der Waals surface area contributed by atoms with Gasteiger partial charge in [0.05, 0.1) is 18.8 Å². The Morgan fingerprint density at radius 1 is 1.46 bits per heavy atom. The number of guanidine groups is 1. The van der Waals surface area contributed by atoms with Crippen molar-refractivity contribution in [2.24, 2.45) is 21.5 Å². The molecule has 1 aliphatic heterocycles. The van der Waals surface area contributed by atoms with Gasteiger partial charge in [-0.15, -0.1) is 0 Å². The molecule has 1 unspecified atom stereocenters. The summed E-state index contributed by atoms with van der Waals surface area (Å²) in [5, 5.41) is 6.72. The van der Waals surface area contributed by atoms with E-state index in [1.807, 2.05) is 6.92 Å². The summed E-state index contributed by atoms with van der Waals surface area (Å²) >= 11 is 2.92. The molecule has 0 saturated carbocycles. The number of nitrogens with one attached hydrogen (secondary N) is 2. The number of amidine groups is 1. The lowest BCUT2D eigenvalue weighted by atomic mass is 10.2. The van der Waals surface area contributed by atoms with Gasteiger partial charge < -0.3 is 16.2 Å². The first-order valence-electron chi connectivity index (χ1n) is 8.11. The zero-order valence-electron chi connectivity index (χ0n) is 15.3. The van der Waals surface area contributed by atoms with E-state index < -0.39 is 27.0 Å². The number of carbonyl (C=O) groups is 1. The van der Waals surface area contributed by atoms with Crippen molar-refractivity contribution in [2.75, 3.05) is 18.9 Å². The monoisotopic (exact) mass is 447 g/mol. The Balaban J connectivity index is 1.90. The Labute approximate surface area is 170 Å². The van der Waals surface area contributed by atoms with Crippen LogP contribution in [0.25, 0.3) is 0 Å². The molecule has 0 aliphatic carbocycles. The van der Waals surface area contributed by atoms with E-state index in [0.29, 0.717) is 16.6 Å². The summed E-state index contributed by atoms with van der Waals surface area (Å²) in [4.78, 5) is 25.1. The number of ether oxygens (including phenoxy) is 1. The van der Waals surface area contributed by atoms with Gasteiger partial charge in [-0.1, -0.05) is 11.3 Å². The molecule has 0 bridgehead atoms. The Morgan fingerprint density at radius 3 is 2.82 bits per heavy atom. The highest BCUT2D eigenvalue weighted by atomic mass is 32.2. The third-order valence-electron chi connectivity index (χ3n) is 3.42. The molecule has 154 valence electrons. The molecule has 0 spiro atoms. The second-order valence-electron chi connectivity index (χ2n) is 5.51. The van der Waals surface area contributed by atoms with Crippen LogP contribution in [0.1, 0.15) is 17.5 Å². The molecule has 1 aliphatic rings. The molecule has 6 N–H and O–H groups in total. The fourth-order valence-corrected chi connectivity index (χ4v) is 5.26. The van der Waals surface area contributed by atoms with Crippen LogP contribution in [0.15, 0.2) is 9.98 Å². The summed E-state index contributed by atoms with van der Waals surface area (Å²) in [6, 6.07) is 0. The van der Waals surface area contributed by atoms with E-state index in [0.717, 1.165) is 10.6 Å². The zero-order valence-corrected chi connectivity index (χ0v) is 17.7. The number of hydrogen-bond donors (Lipinski definition) is 4. The Hall–Kier alpha value is -2.19. The molecule has 2 rings (SSSR count). The van der Waals surface area contributed by atoms with Crippen molar-refractivity contribution in [2.45, 2.75) is 24.9 Å². The van der Waals surface area contributed by atoms with Gasteiger partial charge in [-0.2, -0.15) is 16.8 Å². The Kier molecular flexibility index (Phi) is 7.37. The fourth-order valence-electron chi connectivity index (χ4n) is 2.20. The van der Waals surface area contributed by atoms with Crippen LogP contribution in [0, 0.1) is 12.3 Å². The second-order valence-corrected chi connectivity index (χ2v) is 9.56. The maximum atomic E-state index is 12.0. The van der Waals surface area contributed by atoms with Gasteiger partial charge in [-0.05, 0) is 13.8 Å². The molecular formula is C14H21N7O4S3. The minimum atomic E-state index is -4.03. The van der Waals surface area contributed by atoms with Crippen molar-refractivity contribution in [1.82, 2.24) is 9.71 Å². The number of aromatic nitrogens is 1. The van der Waals surface area contributed by atoms with E-state index in [1.54, 1.807) is 6.92 Å². The van der Waals surface area contributed by atoms with E-state index in [9.17, 15) is 13.2 Å². The van der Waals surface area contributed by atoms with E-state index in [2.05, 4.69) is 19.7 Å². The molecule has 2 heterocycles. The van der Waals surface area contributed by atoms with E-state index in [4.69, 9.17) is 21.6 Å². The van der Waals surface area contributed by atoms with Crippen molar-refractivity contribution in [3.8, 4) is 0 Å². The highest BCUT2D eigenvalue weighted by molar-refractivity contribution is 7.98. The lowest BCUT2D eigenvalue weighted by Crippen LogP contribution is -2.35. The number of aryl methyl sites for hydroxylation is 1. The molecule has 0 amide bonds.